The molecule has 0 saturated heterocycles. The molecule has 1 heterocycles. The Labute approximate surface area is 86.3 Å². The molecule has 0 aliphatic carbocycles. The summed E-state index contributed by atoms with van der Waals surface area (Å²) in [5, 5.41) is 0. The molecule has 3 heteroatoms. The molecule has 0 spiro atoms. The molecule has 0 fully saturated rings. The van der Waals surface area contributed by atoms with E-state index in [0.717, 1.165) is 24.5 Å². The molecule has 0 aliphatic heterocycles. The maximum absolute atomic E-state index is 5.45. The second kappa shape index (κ2) is 6.06. The highest BCUT2D eigenvalue weighted by Crippen LogP contribution is 2.08. The van der Waals surface area contributed by atoms with Crippen molar-refractivity contribution in [3.05, 3.63) is 23.7 Å². The fourth-order valence-electron chi connectivity index (χ4n) is 1.19. The smallest absolute Gasteiger partial charge is 0.104 e. The van der Waals surface area contributed by atoms with Crippen molar-refractivity contribution in [2.75, 3.05) is 20.6 Å². The maximum atomic E-state index is 5.45. The van der Waals surface area contributed by atoms with Gasteiger partial charge in [-0.3, -0.25) is 0 Å². The average molecular weight is 204 g/mol. The van der Waals surface area contributed by atoms with Gasteiger partial charge in [-0.2, -0.15) is 0 Å². The Kier molecular flexibility index (Phi) is 5.84. The van der Waals surface area contributed by atoms with E-state index in [0.29, 0.717) is 0 Å². The predicted octanol–water partition coefficient (Wildman–Crippen LogP) is 2.50. The molecule has 1 aromatic rings. The molecule has 0 amide bonds. The van der Waals surface area contributed by atoms with Crippen LogP contribution in [-0.4, -0.2) is 25.5 Å². The monoisotopic (exact) mass is 203 g/mol. The third-order valence-corrected chi connectivity index (χ3v) is 1.82. The maximum Gasteiger partial charge on any atom is 0.104 e. The van der Waals surface area contributed by atoms with Crippen LogP contribution < -0.4 is 0 Å². The molecule has 0 aromatic carbocycles. The lowest BCUT2D eigenvalue weighted by molar-refractivity contribution is 0.387. The molecule has 0 bridgehead atoms. The van der Waals surface area contributed by atoms with Gasteiger partial charge < -0.3 is 9.32 Å². The zero-order valence-electron chi connectivity index (χ0n) is 8.54. The molecule has 2 nitrogen and oxygen atoms in total. The van der Waals surface area contributed by atoms with Crippen LogP contribution in [0, 0.1) is 6.92 Å². The summed E-state index contributed by atoms with van der Waals surface area (Å²) in [5.74, 6) is 2.12. The van der Waals surface area contributed by atoms with Gasteiger partial charge in [0.05, 0.1) is 0 Å². The van der Waals surface area contributed by atoms with Gasteiger partial charge in [-0.05, 0) is 46.1 Å². The second-order valence-corrected chi connectivity index (χ2v) is 3.42. The minimum Gasteiger partial charge on any atom is -0.466 e. The number of rotatable bonds is 4. The van der Waals surface area contributed by atoms with E-state index in [4.69, 9.17) is 4.42 Å². The molecule has 0 unspecified atom stereocenters. The molecule has 0 N–H and O–H groups in total. The molecule has 13 heavy (non-hydrogen) atoms. The Bertz CT molecular complexity index is 233. The molecule has 1 rings (SSSR count). The van der Waals surface area contributed by atoms with Gasteiger partial charge in [0.15, 0.2) is 0 Å². The van der Waals surface area contributed by atoms with E-state index in [1.165, 1.54) is 6.42 Å². The van der Waals surface area contributed by atoms with Crippen molar-refractivity contribution in [3.8, 4) is 0 Å². The Morgan fingerprint density at radius 2 is 2.00 bits per heavy atom. The highest BCUT2D eigenvalue weighted by atomic mass is 35.5. The Balaban J connectivity index is 0.00000144. The van der Waals surface area contributed by atoms with Gasteiger partial charge in [-0.1, -0.05) is 0 Å². The van der Waals surface area contributed by atoms with E-state index in [9.17, 15) is 0 Å². The van der Waals surface area contributed by atoms with Gasteiger partial charge >= 0.3 is 0 Å². The van der Waals surface area contributed by atoms with Gasteiger partial charge in [0.2, 0.25) is 0 Å². The van der Waals surface area contributed by atoms with Gasteiger partial charge in [0, 0.05) is 6.42 Å². The molecule has 1 aromatic heterocycles. The van der Waals surface area contributed by atoms with Crippen LogP contribution in [0.25, 0.3) is 0 Å². The largest absolute Gasteiger partial charge is 0.466 e. The van der Waals surface area contributed by atoms with Crippen molar-refractivity contribution in [2.24, 2.45) is 0 Å². The number of furan rings is 1. The quantitative estimate of drug-likeness (QED) is 0.748. The van der Waals surface area contributed by atoms with Crippen LogP contribution in [0.1, 0.15) is 17.9 Å². The zero-order chi connectivity index (χ0) is 8.97. The minimum absolute atomic E-state index is 0. The highest BCUT2D eigenvalue weighted by molar-refractivity contribution is 5.85. The third kappa shape index (κ3) is 4.96. The fraction of sp³-hybridized carbons (Fsp3) is 0.600. The minimum atomic E-state index is 0. The second-order valence-electron chi connectivity index (χ2n) is 3.42. The van der Waals surface area contributed by atoms with E-state index in [1.807, 2.05) is 13.0 Å². The van der Waals surface area contributed by atoms with E-state index in [1.54, 1.807) is 0 Å². The van der Waals surface area contributed by atoms with Crippen LogP contribution in [0.2, 0.25) is 0 Å². The summed E-state index contributed by atoms with van der Waals surface area (Å²) >= 11 is 0. The third-order valence-electron chi connectivity index (χ3n) is 1.82. The summed E-state index contributed by atoms with van der Waals surface area (Å²) in [6.45, 7) is 3.11. The lowest BCUT2D eigenvalue weighted by atomic mass is 10.2. The summed E-state index contributed by atoms with van der Waals surface area (Å²) in [6, 6.07) is 4.08. The first kappa shape index (κ1) is 12.5. The zero-order valence-corrected chi connectivity index (χ0v) is 9.36. The van der Waals surface area contributed by atoms with Crippen LogP contribution in [-0.2, 0) is 6.42 Å². The first-order chi connectivity index (χ1) is 5.68. The standard InChI is InChI=1S/C10H17NO.ClH/c1-9-6-7-10(12-9)5-4-8-11(2)3;/h6-7H,4-5,8H2,1-3H3;1H. The SMILES string of the molecule is Cc1ccc(CCCN(C)C)o1.Cl. The van der Waals surface area contributed by atoms with E-state index in [-0.39, 0.29) is 12.4 Å². The molecule has 0 atom stereocenters. The van der Waals surface area contributed by atoms with Crippen molar-refractivity contribution in [3.63, 3.8) is 0 Å². The molecule has 0 radical (unpaired) electrons. The van der Waals surface area contributed by atoms with Crippen LogP contribution in [0.4, 0.5) is 0 Å². The van der Waals surface area contributed by atoms with Crippen molar-refractivity contribution >= 4 is 12.4 Å². The topological polar surface area (TPSA) is 16.4 Å². The summed E-state index contributed by atoms with van der Waals surface area (Å²) in [5.41, 5.74) is 0. The Morgan fingerprint density at radius 3 is 2.46 bits per heavy atom. The van der Waals surface area contributed by atoms with Crippen molar-refractivity contribution in [1.29, 1.82) is 0 Å². The number of nitrogens with zero attached hydrogens (tertiary/aromatic N) is 1. The van der Waals surface area contributed by atoms with E-state index >= 15 is 0 Å². The molecule has 76 valence electrons. The summed E-state index contributed by atoms with van der Waals surface area (Å²) in [6.07, 6.45) is 2.21. The van der Waals surface area contributed by atoms with Crippen molar-refractivity contribution in [1.82, 2.24) is 4.90 Å². The molecule has 0 aliphatic rings. The first-order valence-corrected chi connectivity index (χ1v) is 4.38. The van der Waals surface area contributed by atoms with Gasteiger partial charge in [0.1, 0.15) is 11.5 Å². The first-order valence-electron chi connectivity index (χ1n) is 4.38. The normalized spacial score (nSPS) is 10.2. The fourth-order valence-corrected chi connectivity index (χ4v) is 1.19. The predicted molar refractivity (Wildman–Crippen MR) is 57.6 cm³/mol. The van der Waals surface area contributed by atoms with Crippen LogP contribution in [0.15, 0.2) is 16.5 Å². The van der Waals surface area contributed by atoms with Crippen molar-refractivity contribution < 1.29 is 4.42 Å². The number of aryl methyl sites for hydroxylation is 2. The van der Waals surface area contributed by atoms with E-state index in [2.05, 4.69) is 25.1 Å². The number of hydrogen-bond donors (Lipinski definition) is 0. The lowest BCUT2D eigenvalue weighted by Crippen LogP contribution is -2.13. The molecular weight excluding hydrogens is 186 g/mol. The van der Waals surface area contributed by atoms with Crippen LogP contribution in [0.5, 0.6) is 0 Å². The Morgan fingerprint density at radius 1 is 1.31 bits per heavy atom. The molecule has 0 saturated carbocycles. The van der Waals surface area contributed by atoms with Gasteiger partial charge in [0.25, 0.3) is 0 Å². The van der Waals surface area contributed by atoms with Crippen LogP contribution in [0.3, 0.4) is 0 Å². The van der Waals surface area contributed by atoms with Gasteiger partial charge in [-0.15, -0.1) is 12.4 Å². The summed E-state index contributed by atoms with van der Waals surface area (Å²) in [4.78, 5) is 2.19. The summed E-state index contributed by atoms with van der Waals surface area (Å²) < 4.78 is 5.45. The van der Waals surface area contributed by atoms with Gasteiger partial charge in [-0.25, -0.2) is 0 Å². The lowest BCUT2D eigenvalue weighted by Gasteiger charge is -2.07. The molecular formula is C10H18ClNO. The Hall–Kier alpha value is -0.470. The van der Waals surface area contributed by atoms with Crippen molar-refractivity contribution in [2.45, 2.75) is 19.8 Å². The number of hydrogen-bond acceptors (Lipinski definition) is 2. The summed E-state index contributed by atoms with van der Waals surface area (Å²) in [7, 11) is 4.18. The average Bonchev–Trinajstić information content (AvgIpc) is 2.35. The number of halogens is 1. The van der Waals surface area contributed by atoms with E-state index < -0.39 is 0 Å². The highest BCUT2D eigenvalue weighted by Gasteiger charge is 1.98. The van der Waals surface area contributed by atoms with Crippen LogP contribution >= 0.6 is 12.4 Å².